The molecule has 10 heteroatoms. The van der Waals surface area contributed by atoms with Crippen molar-refractivity contribution < 1.29 is 14.7 Å². The first kappa shape index (κ1) is 23.0. The van der Waals surface area contributed by atoms with Gasteiger partial charge in [-0.25, -0.2) is 4.98 Å². The van der Waals surface area contributed by atoms with Crippen molar-refractivity contribution in [3.63, 3.8) is 0 Å². The Morgan fingerprint density at radius 1 is 1.31 bits per heavy atom. The molecule has 1 amide bonds. The number of anilines is 1. The Kier molecular flexibility index (Phi) is 8.59. The summed E-state index contributed by atoms with van der Waals surface area (Å²) in [6.07, 6.45) is 2.37. The number of carbonyl (C=O) groups is 2. The summed E-state index contributed by atoms with van der Waals surface area (Å²) < 4.78 is 0. The molecule has 2 heterocycles. The summed E-state index contributed by atoms with van der Waals surface area (Å²) in [5.41, 5.74) is 0.733. The molecule has 7 nitrogen and oxygen atoms in total. The molecular formula is C16H26Cl2N4O3S. The van der Waals surface area contributed by atoms with E-state index in [0.717, 1.165) is 23.9 Å². The van der Waals surface area contributed by atoms with Crippen LogP contribution in [0.4, 0.5) is 5.13 Å². The van der Waals surface area contributed by atoms with Crippen molar-refractivity contribution in [1.82, 2.24) is 15.2 Å². The van der Waals surface area contributed by atoms with Crippen molar-refractivity contribution in [3.8, 4) is 0 Å². The maximum atomic E-state index is 12.7. The summed E-state index contributed by atoms with van der Waals surface area (Å²) in [7, 11) is 0. The molecule has 148 valence electrons. The number of amides is 1. The number of aryl methyl sites for hydroxylation is 1. The highest BCUT2D eigenvalue weighted by Gasteiger charge is 2.43. The summed E-state index contributed by atoms with van der Waals surface area (Å²) in [5, 5.41) is 16.0. The minimum Gasteiger partial charge on any atom is -0.480 e. The second kappa shape index (κ2) is 9.73. The molecule has 1 saturated heterocycles. The molecule has 0 radical (unpaired) electrons. The van der Waals surface area contributed by atoms with Gasteiger partial charge in [-0.15, -0.1) is 24.8 Å². The van der Waals surface area contributed by atoms with Gasteiger partial charge in [0.25, 0.3) is 5.91 Å². The smallest absolute Gasteiger partial charge is 0.317 e. The number of aromatic nitrogens is 1. The highest BCUT2D eigenvalue weighted by Crippen LogP contribution is 2.41. The lowest BCUT2D eigenvalue weighted by Crippen LogP contribution is -2.41. The quantitative estimate of drug-likeness (QED) is 0.621. The normalized spacial score (nSPS) is 22.2. The Balaban J connectivity index is 0.00000169. The third-order valence-corrected chi connectivity index (χ3v) is 5.79. The predicted molar refractivity (Wildman–Crippen MR) is 107 cm³/mol. The van der Waals surface area contributed by atoms with Crippen molar-refractivity contribution >= 4 is 53.2 Å². The van der Waals surface area contributed by atoms with Gasteiger partial charge >= 0.3 is 5.97 Å². The van der Waals surface area contributed by atoms with Crippen LogP contribution in [0, 0.1) is 18.8 Å². The van der Waals surface area contributed by atoms with Crippen molar-refractivity contribution in [1.29, 1.82) is 0 Å². The van der Waals surface area contributed by atoms with E-state index in [9.17, 15) is 9.59 Å². The van der Waals surface area contributed by atoms with Gasteiger partial charge in [-0.2, -0.15) is 0 Å². The van der Waals surface area contributed by atoms with Crippen LogP contribution in [0.25, 0.3) is 0 Å². The van der Waals surface area contributed by atoms with Gasteiger partial charge in [0, 0.05) is 25.7 Å². The fourth-order valence-corrected chi connectivity index (χ4v) is 4.39. The summed E-state index contributed by atoms with van der Waals surface area (Å²) in [5.74, 6) is 0.0656. The molecule has 3 rings (SSSR count). The number of halogens is 2. The largest absolute Gasteiger partial charge is 0.480 e. The zero-order chi connectivity index (χ0) is 17.3. The topological polar surface area (TPSA) is 94.6 Å². The van der Waals surface area contributed by atoms with E-state index in [1.165, 1.54) is 24.2 Å². The minimum absolute atomic E-state index is 0. The average molecular weight is 425 g/mol. The molecule has 26 heavy (non-hydrogen) atoms. The predicted octanol–water partition coefficient (Wildman–Crippen LogP) is 2.25. The number of hydrogen-bond donors (Lipinski definition) is 3. The Morgan fingerprint density at radius 2 is 2.00 bits per heavy atom. The van der Waals surface area contributed by atoms with E-state index in [2.05, 4.69) is 15.6 Å². The number of nitrogens with one attached hydrogen (secondary N) is 2. The van der Waals surface area contributed by atoms with E-state index in [4.69, 9.17) is 5.11 Å². The third-order valence-electron chi connectivity index (χ3n) is 4.67. The molecule has 2 aliphatic rings. The standard InChI is InChI=1S/C16H24N4O3S.2ClH/c1-3-17-16-18-9(2)14(24-16)15(23)19-12-7-20(8-13(21)22)6-11(12)10-4-5-10;;/h10-12H,3-8H2,1-2H3,(H,17,18)(H,19,23)(H,21,22);2*1H/t11-,12+;;/m1../s1. The number of carboxylic acid groups (broad SMARTS) is 1. The average Bonchev–Trinajstić information content (AvgIpc) is 3.18. The van der Waals surface area contributed by atoms with Crippen LogP contribution in [0.1, 0.15) is 35.1 Å². The lowest BCUT2D eigenvalue weighted by Gasteiger charge is -2.19. The molecule has 3 N–H and O–H groups in total. The maximum absolute atomic E-state index is 12.7. The number of carbonyl (C=O) groups excluding carboxylic acids is 1. The van der Waals surface area contributed by atoms with Gasteiger partial charge in [-0.05, 0) is 38.5 Å². The number of thiazole rings is 1. The number of rotatable bonds is 7. The summed E-state index contributed by atoms with van der Waals surface area (Å²) >= 11 is 1.37. The molecule has 2 fully saturated rings. The first-order chi connectivity index (χ1) is 11.5. The maximum Gasteiger partial charge on any atom is 0.317 e. The Morgan fingerprint density at radius 3 is 2.58 bits per heavy atom. The van der Waals surface area contributed by atoms with Gasteiger partial charge < -0.3 is 15.7 Å². The van der Waals surface area contributed by atoms with Crippen LogP contribution >= 0.6 is 36.2 Å². The van der Waals surface area contributed by atoms with E-state index in [-0.39, 0.29) is 43.3 Å². The van der Waals surface area contributed by atoms with Crippen LogP contribution in [-0.4, -0.2) is 59.1 Å². The molecular weight excluding hydrogens is 399 g/mol. The fraction of sp³-hybridized carbons (Fsp3) is 0.688. The van der Waals surface area contributed by atoms with Crippen LogP contribution < -0.4 is 10.6 Å². The second-order valence-corrected chi connectivity index (χ2v) is 7.63. The second-order valence-electron chi connectivity index (χ2n) is 6.63. The van der Waals surface area contributed by atoms with E-state index in [1.807, 2.05) is 18.7 Å². The van der Waals surface area contributed by atoms with Gasteiger partial charge in [0.05, 0.1) is 12.2 Å². The highest BCUT2D eigenvalue weighted by molar-refractivity contribution is 7.17. The molecule has 2 atom stereocenters. The Labute approximate surface area is 169 Å². The van der Waals surface area contributed by atoms with Gasteiger partial charge in [0.2, 0.25) is 0 Å². The van der Waals surface area contributed by atoms with Crippen LogP contribution in [-0.2, 0) is 4.79 Å². The van der Waals surface area contributed by atoms with Crippen LogP contribution in [0.3, 0.4) is 0 Å². The number of carboxylic acids is 1. The lowest BCUT2D eigenvalue weighted by molar-refractivity contribution is -0.138. The molecule has 1 aliphatic heterocycles. The first-order valence-electron chi connectivity index (χ1n) is 8.44. The molecule has 1 aromatic rings. The van der Waals surface area contributed by atoms with Crippen molar-refractivity contribution in [3.05, 3.63) is 10.6 Å². The molecule has 0 spiro atoms. The van der Waals surface area contributed by atoms with Gasteiger partial charge in [-0.1, -0.05) is 11.3 Å². The monoisotopic (exact) mass is 424 g/mol. The van der Waals surface area contributed by atoms with Crippen LogP contribution in [0.2, 0.25) is 0 Å². The van der Waals surface area contributed by atoms with E-state index in [1.54, 1.807) is 0 Å². The summed E-state index contributed by atoms with van der Waals surface area (Å²) in [6, 6.07) is 0.0217. The zero-order valence-electron chi connectivity index (χ0n) is 14.9. The minimum atomic E-state index is -0.815. The number of likely N-dealkylation sites (tertiary alicyclic amines) is 1. The van der Waals surface area contributed by atoms with Crippen molar-refractivity contribution in [2.75, 3.05) is 31.5 Å². The van der Waals surface area contributed by atoms with Gasteiger partial charge in [0.1, 0.15) is 4.88 Å². The number of nitrogens with zero attached hydrogens (tertiary/aromatic N) is 2. The van der Waals surface area contributed by atoms with Gasteiger partial charge in [0.15, 0.2) is 5.13 Å². The van der Waals surface area contributed by atoms with E-state index < -0.39 is 5.97 Å². The Hall–Kier alpha value is -1.09. The van der Waals surface area contributed by atoms with E-state index in [0.29, 0.717) is 23.3 Å². The molecule has 1 aliphatic carbocycles. The molecule has 0 bridgehead atoms. The number of aliphatic carboxylic acids is 1. The zero-order valence-corrected chi connectivity index (χ0v) is 17.3. The van der Waals surface area contributed by atoms with Crippen molar-refractivity contribution in [2.24, 2.45) is 11.8 Å². The molecule has 1 saturated carbocycles. The van der Waals surface area contributed by atoms with Crippen LogP contribution in [0.5, 0.6) is 0 Å². The summed E-state index contributed by atoms with van der Waals surface area (Å²) in [6.45, 7) is 6.01. The lowest BCUT2D eigenvalue weighted by atomic mass is 9.98. The molecule has 0 aromatic carbocycles. The molecule has 1 aromatic heterocycles. The number of hydrogen-bond acceptors (Lipinski definition) is 6. The highest BCUT2D eigenvalue weighted by atomic mass is 35.5. The SMILES string of the molecule is CCNc1nc(C)c(C(=O)N[C@H]2CN(CC(=O)O)C[C@@H]2C2CC2)s1.Cl.Cl. The molecule has 0 unspecified atom stereocenters. The first-order valence-corrected chi connectivity index (χ1v) is 9.26. The Bertz CT molecular complexity index is 639. The van der Waals surface area contributed by atoms with Gasteiger partial charge in [-0.3, -0.25) is 14.5 Å². The third kappa shape index (κ3) is 5.45. The summed E-state index contributed by atoms with van der Waals surface area (Å²) in [4.78, 5) is 30.6. The van der Waals surface area contributed by atoms with Crippen molar-refractivity contribution in [2.45, 2.75) is 32.7 Å². The fourth-order valence-electron chi connectivity index (χ4n) is 3.46. The van der Waals surface area contributed by atoms with E-state index >= 15 is 0 Å². The van der Waals surface area contributed by atoms with Crippen LogP contribution in [0.15, 0.2) is 0 Å².